The number of aromatic nitrogens is 1. The molecule has 1 amide bonds. The average molecular weight is 320 g/mol. The molecule has 1 aromatic heterocycles. The van der Waals surface area contributed by atoms with E-state index in [1.54, 1.807) is 6.21 Å². The molecule has 1 aromatic carbocycles. The first-order chi connectivity index (χ1) is 11.7. The average Bonchev–Trinajstić information content (AvgIpc) is 3.14. The van der Waals surface area contributed by atoms with Crippen molar-refractivity contribution < 1.29 is 4.79 Å². The highest BCUT2D eigenvalue weighted by Gasteiger charge is 2.29. The van der Waals surface area contributed by atoms with Crippen LogP contribution in [0.1, 0.15) is 47.1 Å². The first kappa shape index (κ1) is 16.0. The van der Waals surface area contributed by atoms with Gasteiger partial charge in [-0.25, -0.2) is 0 Å². The fourth-order valence-corrected chi connectivity index (χ4v) is 3.05. The molecule has 0 aliphatic carbocycles. The number of aryl methyl sites for hydroxylation is 1. The molecule has 1 aliphatic heterocycles. The van der Waals surface area contributed by atoms with E-state index in [4.69, 9.17) is 0 Å². The summed E-state index contributed by atoms with van der Waals surface area (Å²) in [7, 11) is 0. The van der Waals surface area contributed by atoms with Crippen molar-refractivity contribution in [3.63, 3.8) is 0 Å². The van der Waals surface area contributed by atoms with E-state index < -0.39 is 0 Å². The summed E-state index contributed by atoms with van der Waals surface area (Å²) < 4.78 is 1.95. The van der Waals surface area contributed by atoms with Gasteiger partial charge in [0, 0.05) is 24.1 Å². The number of hydrogen-bond acceptors (Lipinski definition) is 3. The molecule has 2 heterocycles. The molecular weight excluding hydrogens is 300 g/mol. The van der Waals surface area contributed by atoms with Crippen molar-refractivity contribution in [1.82, 2.24) is 4.57 Å². The van der Waals surface area contributed by atoms with E-state index >= 15 is 0 Å². The Morgan fingerprint density at radius 3 is 2.83 bits per heavy atom. The Labute approximate surface area is 141 Å². The summed E-state index contributed by atoms with van der Waals surface area (Å²) >= 11 is 0. The van der Waals surface area contributed by atoms with Gasteiger partial charge in [0.1, 0.15) is 17.5 Å². The fraction of sp³-hybridized carbons (Fsp3) is 0.316. The Balaban J connectivity index is 2.02. The zero-order valence-electron chi connectivity index (χ0n) is 14.0. The number of anilines is 1. The predicted molar refractivity (Wildman–Crippen MR) is 95.0 cm³/mol. The van der Waals surface area contributed by atoms with Crippen LogP contribution >= 0.6 is 0 Å². The molecule has 0 saturated carbocycles. The van der Waals surface area contributed by atoms with Crippen molar-refractivity contribution in [1.29, 1.82) is 5.26 Å². The third-order valence-corrected chi connectivity index (χ3v) is 4.18. The van der Waals surface area contributed by atoms with Gasteiger partial charge >= 0.3 is 0 Å². The lowest BCUT2D eigenvalue weighted by atomic mass is 10.1. The summed E-state index contributed by atoms with van der Waals surface area (Å²) in [5, 5.41) is 12.5. The van der Waals surface area contributed by atoms with Gasteiger partial charge < -0.3 is 9.88 Å². The highest BCUT2D eigenvalue weighted by atomic mass is 16.2. The number of nitrogens with one attached hydrogen (secondary N) is 1. The summed E-state index contributed by atoms with van der Waals surface area (Å²) in [5.41, 5.74) is 4.32. The lowest BCUT2D eigenvalue weighted by Crippen LogP contribution is -2.16. The van der Waals surface area contributed by atoms with Crippen LogP contribution < -0.4 is 5.32 Å². The number of rotatable bonds is 4. The maximum absolute atomic E-state index is 12.9. The molecular formula is C19H20N4O. The third kappa shape index (κ3) is 2.83. The SMILES string of the molecule is CCC=Nc1c(C#N)c2n(c1C(=O)Nc1ccc(C)cc1)CCC2. The molecule has 3 rings (SSSR count). The third-order valence-electron chi connectivity index (χ3n) is 4.18. The Morgan fingerprint density at radius 1 is 1.42 bits per heavy atom. The molecule has 5 nitrogen and oxygen atoms in total. The van der Waals surface area contributed by atoms with E-state index in [1.807, 2.05) is 42.7 Å². The van der Waals surface area contributed by atoms with Gasteiger partial charge in [0.05, 0.1) is 5.56 Å². The minimum absolute atomic E-state index is 0.216. The van der Waals surface area contributed by atoms with Gasteiger partial charge in [-0.2, -0.15) is 5.26 Å². The van der Waals surface area contributed by atoms with Gasteiger partial charge in [-0.15, -0.1) is 0 Å². The molecule has 0 bridgehead atoms. The van der Waals surface area contributed by atoms with Gasteiger partial charge in [-0.05, 0) is 38.3 Å². The van der Waals surface area contributed by atoms with E-state index in [2.05, 4.69) is 16.4 Å². The summed E-state index contributed by atoms with van der Waals surface area (Å²) in [6, 6.07) is 9.90. The van der Waals surface area contributed by atoms with E-state index in [-0.39, 0.29) is 5.91 Å². The lowest BCUT2D eigenvalue weighted by Gasteiger charge is -2.09. The molecule has 0 spiro atoms. The number of aliphatic imine (C=N–C) groups is 1. The Bertz CT molecular complexity index is 838. The second-order valence-corrected chi connectivity index (χ2v) is 5.93. The second kappa shape index (κ2) is 6.71. The molecule has 0 fully saturated rings. The minimum atomic E-state index is -0.216. The van der Waals surface area contributed by atoms with Crippen LogP contribution in [0.5, 0.6) is 0 Å². The van der Waals surface area contributed by atoms with Gasteiger partial charge in [-0.3, -0.25) is 9.79 Å². The zero-order chi connectivity index (χ0) is 17.1. The van der Waals surface area contributed by atoms with Crippen LogP contribution in [0.3, 0.4) is 0 Å². The van der Waals surface area contributed by atoms with Gasteiger partial charge in [0.15, 0.2) is 0 Å². The Hall–Kier alpha value is -2.87. The van der Waals surface area contributed by atoms with Crippen molar-refractivity contribution >= 4 is 23.5 Å². The van der Waals surface area contributed by atoms with E-state index in [1.165, 1.54) is 0 Å². The second-order valence-electron chi connectivity index (χ2n) is 5.93. The summed E-state index contributed by atoms with van der Waals surface area (Å²) in [6.45, 7) is 4.73. The number of carbonyl (C=O) groups excluding carboxylic acids is 1. The quantitative estimate of drug-likeness (QED) is 0.866. The number of fused-ring (bicyclic) bond motifs is 1. The monoisotopic (exact) mass is 320 g/mol. The summed E-state index contributed by atoms with van der Waals surface area (Å²) in [6.07, 6.45) is 4.26. The molecule has 0 atom stereocenters. The predicted octanol–water partition coefficient (Wildman–Crippen LogP) is 3.98. The molecule has 1 N–H and O–H groups in total. The van der Waals surface area contributed by atoms with Crippen LogP contribution in [0.15, 0.2) is 29.3 Å². The van der Waals surface area contributed by atoms with Crippen molar-refractivity contribution in [2.75, 3.05) is 5.32 Å². The van der Waals surface area contributed by atoms with E-state index in [0.29, 0.717) is 16.9 Å². The van der Waals surface area contributed by atoms with Crippen molar-refractivity contribution in [3.05, 3.63) is 46.8 Å². The number of benzene rings is 1. The summed E-state index contributed by atoms with van der Waals surface area (Å²) in [4.78, 5) is 17.3. The van der Waals surface area contributed by atoms with Crippen LogP contribution in [-0.4, -0.2) is 16.7 Å². The topological polar surface area (TPSA) is 70.2 Å². The van der Waals surface area contributed by atoms with Crippen LogP contribution in [0.4, 0.5) is 11.4 Å². The molecule has 1 aliphatic rings. The van der Waals surface area contributed by atoms with Crippen LogP contribution in [0.25, 0.3) is 0 Å². The maximum Gasteiger partial charge on any atom is 0.274 e. The number of nitriles is 1. The smallest absolute Gasteiger partial charge is 0.274 e. The number of carbonyl (C=O) groups is 1. The minimum Gasteiger partial charge on any atom is -0.337 e. The van der Waals surface area contributed by atoms with Crippen molar-refractivity contribution in [3.8, 4) is 6.07 Å². The van der Waals surface area contributed by atoms with Gasteiger partial charge in [0.2, 0.25) is 0 Å². The normalized spacial score (nSPS) is 13.0. The van der Waals surface area contributed by atoms with Crippen LogP contribution in [-0.2, 0) is 13.0 Å². The molecule has 24 heavy (non-hydrogen) atoms. The number of hydrogen-bond donors (Lipinski definition) is 1. The lowest BCUT2D eigenvalue weighted by molar-refractivity contribution is 0.101. The van der Waals surface area contributed by atoms with E-state index in [0.717, 1.165) is 42.8 Å². The maximum atomic E-state index is 12.9. The highest BCUT2D eigenvalue weighted by Crippen LogP contribution is 2.35. The van der Waals surface area contributed by atoms with Crippen molar-refractivity contribution in [2.45, 2.75) is 39.7 Å². The first-order valence-corrected chi connectivity index (χ1v) is 8.21. The largest absolute Gasteiger partial charge is 0.337 e. The van der Waals surface area contributed by atoms with Crippen LogP contribution in [0.2, 0.25) is 0 Å². The standard InChI is InChI=1S/C19H20N4O/c1-3-10-21-17-15(12-20)16-5-4-11-23(16)18(17)19(24)22-14-8-6-13(2)7-9-14/h6-10H,3-5,11H2,1-2H3,(H,22,24). The fourth-order valence-electron chi connectivity index (χ4n) is 3.05. The van der Waals surface area contributed by atoms with Gasteiger partial charge in [0.25, 0.3) is 5.91 Å². The molecule has 122 valence electrons. The Morgan fingerprint density at radius 2 is 2.17 bits per heavy atom. The number of nitrogens with zero attached hydrogens (tertiary/aromatic N) is 3. The van der Waals surface area contributed by atoms with Gasteiger partial charge in [-0.1, -0.05) is 24.6 Å². The molecule has 2 aromatic rings. The Kier molecular flexibility index (Phi) is 4.48. The molecule has 0 unspecified atom stereocenters. The summed E-state index contributed by atoms with van der Waals surface area (Å²) in [5.74, 6) is -0.216. The zero-order valence-corrected chi connectivity index (χ0v) is 14.0. The first-order valence-electron chi connectivity index (χ1n) is 8.21. The highest BCUT2D eigenvalue weighted by molar-refractivity contribution is 6.08. The van der Waals surface area contributed by atoms with E-state index in [9.17, 15) is 10.1 Å². The molecule has 0 saturated heterocycles. The molecule has 5 heteroatoms. The van der Waals surface area contributed by atoms with Crippen molar-refractivity contribution in [2.24, 2.45) is 4.99 Å². The van der Waals surface area contributed by atoms with Crippen LogP contribution in [0, 0.1) is 18.3 Å². The number of amides is 1. The molecule has 0 radical (unpaired) electrons.